The van der Waals surface area contributed by atoms with E-state index in [1.165, 1.54) is 0 Å². The van der Waals surface area contributed by atoms with Crippen LogP contribution >= 0.6 is 10.2 Å². The first kappa shape index (κ1) is 27.5. The minimum atomic E-state index is -9.85. The SMILES string of the molecule is COc1cc(/C=C2\CC3(CC3)CN3C2=NOCC3(CO)c2ccc(S(F)(F)(F)(F)F)cc2)ccc1-n1cnc(C)n1. The van der Waals surface area contributed by atoms with Gasteiger partial charge < -0.3 is 19.6 Å². The monoisotopic (exact) mass is 597 g/mol. The van der Waals surface area contributed by atoms with Gasteiger partial charge in [0.1, 0.15) is 40.6 Å². The molecule has 220 valence electrons. The number of ether oxygens (including phenoxy) is 1. The molecule has 14 heteroatoms. The molecule has 0 amide bonds. The summed E-state index contributed by atoms with van der Waals surface area (Å²) in [5.41, 5.74) is 1.14. The molecule has 6 rings (SSSR count). The van der Waals surface area contributed by atoms with Gasteiger partial charge in [0.25, 0.3) is 0 Å². The third-order valence-corrected chi connectivity index (χ3v) is 9.19. The number of halogens is 5. The molecule has 3 heterocycles. The number of aliphatic hydroxyl groups is 1. The van der Waals surface area contributed by atoms with Gasteiger partial charge >= 0.3 is 10.2 Å². The van der Waals surface area contributed by atoms with Crippen molar-refractivity contribution in [2.75, 3.05) is 26.9 Å². The van der Waals surface area contributed by atoms with Crippen LogP contribution in [0.4, 0.5) is 19.4 Å². The standard InChI is InChI=1S/C27H28F5N5O3S/c1-18-33-17-37(34-18)23-8-3-19(12-24(23)39-2)11-20-13-26(9-10-26)14-36-25(20)35-40-16-27(36,15-38)21-4-6-22(7-5-21)41(28,29,30,31)32/h3-8,11-12,17,38H,9-10,13-16H2,1-2H3/b20-11+. The number of methoxy groups -OCH3 is 1. The number of rotatable bonds is 6. The lowest BCUT2D eigenvalue weighted by atomic mass is 9.81. The minimum Gasteiger partial charge on any atom is -0.494 e. The molecule has 1 atom stereocenters. The highest BCUT2D eigenvalue weighted by Gasteiger charge is 2.65. The zero-order chi connectivity index (χ0) is 29.3. The maximum Gasteiger partial charge on any atom is 0.310 e. The van der Waals surface area contributed by atoms with Crippen LogP contribution < -0.4 is 4.74 Å². The Hall–Kier alpha value is -3.65. The van der Waals surface area contributed by atoms with Crippen molar-refractivity contribution < 1.29 is 34.1 Å². The summed E-state index contributed by atoms with van der Waals surface area (Å²) in [6.07, 6.45) is 6.06. The van der Waals surface area contributed by atoms with E-state index in [0.29, 0.717) is 48.2 Å². The van der Waals surface area contributed by atoms with E-state index in [-0.39, 0.29) is 17.6 Å². The first-order valence-electron chi connectivity index (χ1n) is 12.9. The average molecular weight is 598 g/mol. The maximum atomic E-state index is 13.4. The predicted octanol–water partition coefficient (Wildman–Crippen LogP) is 6.34. The van der Waals surface area contributed by atoms with Crippen molar-refractivity contribution in [1.82, 2.24) is 19.7 Å². The molecule has 2 aromatic carbocycles. The third-order valence-electron chi connectivity index (χ3n) is 8.03. The molecule has 41 heavy (non-hydrogen) atoms. The van der Waals surface area contributed by atoms with Crippen molar-refractivity contribution in [3.8, 4) is 11.4 Å². The van der Waals surface area contributed by atoms with Crippen LogP contribution in [0.2, 0.25) is 0 Å². The number of oxime groups is 1. The van der Waals surface area contributed by atoms with Crippen molar-refractivity contribution in [2.24, 2.45) is 10.6 Å². The molecule has 1 saturated carbocycles. The van der Waals surface area contributed by atoms with Gasteiger partial charge in [0.15, 0.2) is 5.84 Å². The molecule has 1 saturated heterocycles. The molecule has 2 aliphatic heterocycles. The molecule has 1 aromatic heterocycles. The number of aryl methyl sites for hydroxylation is 1. The summed E-state index contributed by atoms with van der Waals surface area (Å²) in [6, 6.07) is 8.31. The second kappa shape index (κ2) is 8.44. The first-order valence-corrected chi connectivity index (χ1v) is 14.8. The molecule has 3 aliphatic rings. The van der Waals surface area contributed by atoms with Gasteiger partial charge in [-0.05, 0) is 78.6 Å². The molecule has 3 aromatic rings. The minimum absolute atomic E-state index is 0.103. The van der Waals surface area contributed by atoms with Crippen molar-refractivity contribution >= 4 is 22.1 Å². The number of nitrogens with zero attached hydrogens (tertiary/aromatic N) is 5. The van der Waals surface area contributed by atoms with Gasteiger partial charge in [-0.15, -0.1) is 0 Å². The lowest BCUT2D eigenvalue weighted by Crippen LogP contribution is -2.60. The van der Waals surface area contributed by atoms with Gasteiger partial charge in [-0.3, -0.25) is 0 Å². The Morgan fingerprint density at radius 3 is 2.41 bits per heavy atom. The van der Waals surface area contributed by atoms with Crippen LogP contribution in [0.15, 0.2) is 64.4 Å². The molecule has 8 nitrogen and oxygen atoms in total. The van der Waals surface area contributed by atoms with Crippen molar-refractivity contribution in [2.45, 2.75) is 36.6 Å². The second-order valence-electron chi connectivity index (χ2n) is 11.0. The van der Waals surface area contributed by atoms with Crippen molar-refractivity contribution in [3.63, 3.8) is 0 Å². The van der Waals surface area contributed by atoms with Gasteiger partial charge in [0, 0.05) is 6.54 Å². The fourth-order valence-corrected chi connectivity index (χ4v) is 6.26. The quantitative estimate of drug-likeness (QED) is 0.334. The smallest absolute Gasteiger partial charge is 0.310 e. The van der Waals surface area contributed by atoms with E-state index in [1.54, 1.807) is 25.0 Å². The zero-order valence-electron chi connectivity index (χ0n) is 22.2. The van der Waals surface area contributed by atoms with Crippen LogP contribution in [0.3, 0.4) is 0 Å². The van der Waals surface area contributed by atoms with Gasteiger partial charge in [-0.25, -0.2) is 9.67 Å². The van der Waals surface area contributed by atoms with Gasteiger partial charge in [-0.1, -0.05) is 42.8 Å². The highest BCUT2D eigenvalue weighted by atomic mass is 32.5. The summed E-state index contributed by atoms with van der Waals surface area (Å²) in [4.78, 5) is 9.59. The van der Waals surface area contributed by atoms with Crippen LogP contribution in [0.25, 0.3) is 11.8 Å². The first-order chi connectivity index (χ1) is 19.1. The molecular formula is C27H28F5N5O3S. The Morgan fingerprint density at radius 2 is 1.83 bits per heavy atom. The van der Waals surface area contributed by atoms with E-state index in [0.717, 1.165) is 36.1 Å². The van der Waals surface area contributed by atoms with Crippen LogP contribution in [-0.2, 0) is 10.4 Å². The summed E-state index contributed by atoms with van der Waals surface area (Å²) in [6.45, 7) is 1.59. The van der Waals surface area contributed by atoms with Crippen LogP contribution in [-0.4, -0.2) is 57.5 Å². The number of hydrogen-bond donors (Lipinski definition) is 1. The lowest BCUT2D eigenvalue weighted by Gasteiger charge is -2.51. The molecule has 1 spiro atoms. The number of fused-ring (bicyclic) bond motifs is 1. The number of amidine groups is 1. The Kier molecular flexibility index (Phi) is 5.67. The van der Waals surface area contributed by atoms with Crippen LogP contribution in [0.5, 0.6) is 5.75 Å². The summed E-state index contributed by atoms with van der Waals surface area (Å²) in [5.74, 6) is 1.62. The average Bonchev–Trinajstić information content (AvgIpc) is 3.52. The number of hydrogen-bond acceptors (Lipinski definition) is 7. The van der Waals surface area contributed by atoms with Gasteiger partial charge in [0.05, 0.1) is 13.7 Å². The van der Waals surface area contributed by atoms with Crippen LogP contribution in [0.1, 0.15) is 36.2 Å². The molecule has 0 bridgehead atoms. The van der Waals surface area contributed by atoms with Crippen molar-refractivity contribution in [3.05, 3.63) is 71.3 Å². The molecular weight excluding hydrogens is 569 g/mol. The van der Waals surface area contributed by atoms with E-state index < -0.39 is 27.3 Å². The van der Waals surface area contributed by atoms with Gasteiger partial charge in [-0.2, -0.15) is 5.10 Å². The number of benzene rings is 2. The van der Waals surface area contributed by atoms with Crippen molar-refractivity contribution in [1.29, 1.82) is 0 Å². The molecule has 1 N–H and O–H groups in total. The maximum absolute atomic E-state index is 13.4. The number of aliphatic hydroxyl groups excluding tert-OH is 1. The normalized spacial score (nSPS) is 24.2. The molecule has 2 fully saturated rings. The topological polar surface area (TPSA) is 85.0 Å². The van der Waals surface area contributed by atoms with E-state index in [9.17, 15) is 24.5 Å². The molecule has 0 radical (unpaired) electrons. The van der Waals surface area contributed by atoms with Crippen LogP contribution in [0, 0.1) is 12.3 Å². The third kappa shape index (κ3) is 4.92. The summed E-state index contributed by atoms with van der Waals surface area (Å²) in [5, 5.41) is 19.3. The Balaban J connectivity index is 1.39. The molecule has 1 aliphatic carbocycles. The summed E-state index contributed by atoms with van der Waals surface area (Å²) >= 11 is 0. The lowest BCUT2D eigenvalue weighted by molar-refractivity contribution is -0.0458. The Bertz CT molecular complexity index is 1590. The number of piperidine rings is 1. The summed E-state index contributed by atoms with van der Waals surface area (Å²) in [7, 11) is -8.30. The summed E-state index contributed by atoms with van der Waals surface area (Å²) < 4.78 is 74.1. The highest BCUT2D eigenvalue weighted by Crippen LogP contribution is 3.02. The fraction of sp³-hybridized carbons (Fsp3) is 0.370. The fourth-order valence-electron chi connectivity index (χ4n) is 5.61. The Labute approximate surface area is 232 Å². The highest BCUT2D eigenvalue weighted by molar-refractivity contribution is 8.45. The van der Waals surface area contributed by atoms with Gasteiger partial charge in [0.2, 0.25) is 0 Å². The van der Waals surface area contributed by atoms with E-state index >= 15 is 0 Å². The largest absolute Gasteiger partial charge is 0.494 e. The van der Waals surface area contributed by atoms with E-state index in [4.69, 9.17) is 9.57 Å². The zero-order valence-corrected chi connectivity index (χ0v) is 23.1. The predicted molar refractivity (Wildman–Crippen MR) is 144 cm³/mol. The number of aromatic nitrogens is 3. The van der Waals surface area contributed by atoms with E-state index in [2.05, 4.69) is 15.2 Å². The molecule has 1 unspecified atom stereocenters. The second-order valence-corrected chi connectivity index (χ2v) is 13.4. The van der Waals surface area contributed by atoms with E-state index in [1.807, 2.05) is 29.2 Å². The Morgan fingerprint density at radius 1 is 1.10 bits per heavy atom.